The van der Waals surface area contributed by atoms with E-state index in [-0.39, 0.29) is 5.91 Å². The van der Waals surface area contributed by atoms with Crippen molar-refractivity contribution in [1.29, 1.82) is 0 Å². The van der Waals surface area contributed by atoms with E-state index in [1.165, 1.54) is 5.69 Å². The number of nitrogens with zero attached hydrogens (tertiary/aromatic N) is 2. The molecule has 0 spiro atoms. The standard InChI is InChI=1S/C11H16N4O/c16-11(14-8-1-2-8)6-15-7-13-9-5-12-4-3-10(9)15/h7-8,12H,1-6H2,(H,14,16). The fourth-order valence-corrected chi connectivity index (χ4v) is 2.09. The third-order valence-corrected chi connectivity index (χ3v) is 3.12. The summed E-state index contributed by atoms with van der Waals surface area (Å²) in [5, 5.41) is 6.27. The van der Waals surface area contributed by atoms with Gasteiger partial charge in [0.15, 0.2) is 0 Å². The molecular weight excluding hydrogens is 204 g/mol. The number of imidazole rings is 1. The molecular formula is C11H16N4O. The van der Waals surface area contributed by atoms with Gasteiger partial charge in [0.2, 0.25) is 5.91 Å². The lowest BCUT2D eigenvalue weighted by molar-refractivity contribution is -0.121. The minimum absolute atomic E-state index is 0.112. The quantitative estimate of drug-likeness (QED) is 0.742. The smallest absolute Gasteiger partial charge is 0.240 e. The zero-order valence-electron chi connectivity index (χ0n) is 9.20. The molecule has 0 unspecified atom stereocenters. The Hall–Kier alpha value is -1.36. The van der Waals surface area contributed by atoms with Crippen LogP contribution in [0.4, 0.5) is 0 Å². The van der Waals surface area contributed by atoms with E-state index in [4.69, 9.17) is 0 Å². The van der Waals surface area contributed by atoms with E-state index in [1.54, 1.807) is 6.33 Å². The summed E-state index contributed by atoms with van der Waals surface area (Å²) in [6, 6.07) is 0.438. The van der Waals surface area contributed by atoms with E-state index < -0.39 is 0 Å². The first-order valence-corrected chi connectivity index (χ1v) is 5.86. The summed E-state index contributed by atoms with van der Waals surface area (Å²) in [4.78, 5) is 16.0. The Bertz CT molecular complexity index is 408. The lowest BCUT2D eigenvalue weighted by atomic mass is 10.2. The first kappa shape index (κ1) is 9.84. The highest BCUT2D eigenvalue weighted by atomic mass is 16.2. The molecule has 1 fully saturated rings. The normalized spacial score (nSPS) is 19.2. The van der Waals surface area contributed by atoms with E-state index in [0.717, 1.165) is 38.0 Å². The van der Waals surface area contributed by atoms with E-state index >= 15 is 0 Å². The molecule has 2 N–H and O–H groups in total. The third-order valence-electron chi connectivity index (χ3n) is 3.12. The average molecular weight is 220 g/mol. The Morgan fingerprint density at radius 1 is 1.62 bits per heavy atom. The molecule has 16 heavy (non-hydrogen) atoms. The SMILES string of the molecule is O=C(Cn1cnc2c1CCNC2)NC1CC1. The van der Waals surface area contributed by atoms with Gasteiger partial charge in [0.1, 0.15) is 6.54 Å². The number of aromatic nitrogens is 2. The highest BCUT2D eigenvalue weighted by Crippen LogP contribution is 2.18. The van der Waals surface area contributed by atoms with Crippen molar-refractivity contribution in [2.24, 2.45) is 0 Å². The summed E-state index contributed by atoms with van der Waals surface area (Å²) in [6.07, 6.45) is 5.02. The first-order chi connectivity index (χ1) is 7.83. The summed E-state index contributed by atoms with van der Waals surface area (Å²) < 4.78 is 1.98. The Morgan fingerprint density at radius 2 is 2.50 bits per heavy atom. The molecule has 86 valence electrons. The van der Waals surface area contributed by atoms with Gasteiger partial charge in [-0.2, -0.15) is 0 Å². The van der Waals surface area contributed by atoms with Crippen molar-refractivity contribution < 1.29 is 4.79 Å². The van der Waals surface area contributed by atoms with Gasteiger partial charge >= 0.3 is 0 Å². The van der Waals surface area contributed by atoms with Crippen LogP contribution in [0.1, 0.15) is 24.2 Å². The highest BCUT2D eigenvalue weighted by molar-refractivity contribution is 5.76. The molecule has 1 aliphatic heterocycles. The van der Waals surface area contributed by atoms with Crippen LogP contribution in [0.5, 0.6) is 0 Å². The second kappa shape index (κ2) is 3.90. The van der Waals surface area contributed by atoms with Crippen molar-refractivity contribution in [1.82, 2.24) is 20.2 Å². The largest absolute Gasteiger partial charge is 0.352 e. The summed E-state index contributed by atoms with van der Waals surface area (Å²) >= 11 is 0. The van der Waals surface area contributed by atoms with E-state index in [0.29, 0.717) is 12.6 Å². The molecule has 5 heteroatoms. The van der Waals surface area contributed by atoms with Crippen molar-refractivity contribution >= 4 is 5.91 Å². The molecule has 0 atom stereocenters. The summed E-state index contributed by atoms with van der Waals surface area (Å²) in [7, 11) is 0. The molecule has 1 aromatic rings. The minimum Gasteiger partial charge on any atom is -0.352 e. The van der Waals surface area contributed by atoms with Crippen LogP contribution in [0.25, 0.3) is 0 Å². The molecule has 0 aromatic carbocycles. The molecule has 1 aromatic heterocycles. The molecule has 1 aliphatic carbocycles. The van der Waals surface area contributed by atoms with Crippen LogP contribution in [0.15, 0.2) is 6.33 Å². The molecule has 0 saturated heterocycles. The minimum atomic E-state index is 0.112. The van der Waals surface area contributed by atoms with Gasteiger partial charge in [-0.3, -0.25) is 4.79 Å². The summed E-state index contributed by atoms with van der Waals surface area (Å²) in [6.45, 7) is 2.22. The third kappa shape index (κ3) is 1.95. The van der Waals surface area contributed by atoms with Crippen molar-refractivity contribution in [2.45, 2.75) is 38.4 Å². The molecule has 0 bridgehead atoms. The molecule has 1 saturated carbocycles. The zero-order chi connectivity index (χ0) is 11.0. The number of carbonyl (C=O) groups is 1. The van der Waals surface area contributed by atoms with Crippen molar-refractivity contribution in [2.75, 3.05) is 6.54 Å². The fraction of sp³-hybridized carbons (Fsp3) is 0.636. The summed E-state index contributed by atoms with van der Waals surface area (Å²) in [5.74, 6) is 0.112. The van der Waals surface area contributed by atoms with Gasteiger partial charge in [-0.05, 0) is 12.8 Å². The number of nitrogens with one attached hydrogen (secondary N) is 2. The van der Waals surface area contributed by atoms with Crippen LogP contribution in [0, 0.1) is 0 Å². The molecule has 2 aliphatic rings. The van der Waals surface area contributed by atoms with Crippen molar-refractivity contribution in [3.05, 3.63) is 17.7 Å². The second-order valence-corrected chi connectivity index (χ2v) is 4.53. The number of hydrogen-bond donors (Lipinski definition) is 2. The average Bonchev–Trinajstić information content (AvgIpc) is 3.00. The first-order valence-electron chi connectivity index (χ1n) is 5.86. The Balaban J connectivity index is 1.68. The lowest BCUT2D eigenvalue weighted by Crippen LogP contribution is -2.31. The number of hydrogen-bond acceptors (Lipinski definition) is 3. The summed E-state index contributed by atoms with van der Waals surface area (Å²) in [5.41, 5.74) is 2.30. The van der Waals surface area contributed by atoms with Crippen molar-refractivity contribution in [3.63, 3.8) is 0 Å². The fourth-order valence-electron chi connectivity index (χ4n) is 2.09. The molecule has 3 rings (SSSR count). The number of rotatable bonds is 3. The maximum Gasteiger partial charge on any atom is 0.240 e. The molecule has 0 radical (unpaired) electrons. The van der Waals surface area contributed by atoms with Gasteiger partial charge in [0.05, 0.1) is 12.0 Å². The highest BCUT2D eigenvalue weighted by Gasteiger charge is 2.24. The number of fused-ring (bicyclic) bond motifs is 1. The maximum absolute atomic E-state index is 11.7. The van der Waals surface area contributed by atoms with Crippen LogP contribution in [-0.2, 0) is 24.3 Å². The van der Waals surface area contributed by atoms with E-state index in [2.05, 4.69) is 15.6 Å². The molecule has 2 heterocycles. The van der Waals surface area contributed by atoms with Gasteiger partial charge in [-0.15, -0.1) is 0 Å². The predicted octanol–water partition coefficient (Wildman–Crippen LogP) is -0.193. The van der Waals surface area contributed by atoms with Crippen LogP contribution >= 0.6 is 0 Å². The molecule has 5 nitrogen and oxygen atoms in total. The van der Waals surface area contributed by atoms with Crippen LogP contribution in [0.3, 0.4) is 0 Å². The van der Waals surface area contributed by atoms with Crippen LogP contribution in [-0.4, -0.2) is 28.0 Å². The second-order valence-electron chi connectivity index (χ2n) is 4.53. The Kier molecular flexibility index (Phi) is 2.40. The zero-order valence-corrected chi connectivity index (χ0v) is 9.20. The topological polar surface area (TPSA) is 59.0 Å². The predicted molar refractivity (Wildman–Crippen MR) is 58.8 cm³/mol. The Morgan fingerprint density at radius 3 is 3.31 bits per heavy atom. The molecule has 1 amide bonds. The van der Waals surface area contributed by atoms with Gasteiger partial charge in [-0.25, -0.2) is 4.98 Å². The maximum atomic E-state index is 11.7. The van der Waals surface area contributed by atoms with E-state index in [1.807, 2.05) is 4.57 Å². The monoisotopic (exact) mass is 220 g/mol. The van der Waals surface area contributed by atoms with Gasteiger partial charge < -0.3 is 15.2 Å². The van der Waals surface area contributed by atoms with Crippen LogP contribution in [0.2, 0.25) is 0 Å². The van der Waals surface area contributed by atoms with Gasteiger partial charge in [0.25, 0.3) is 0 Å². The van der Waals surface area contributed by atoms with Crippen molar-refractivity contribution in [3.8, 4) is 0 Å². The van der Waals surface area contributed by atoms with Gasteiger partial charge in [-0.1, -0.05) is 0 Å². The lowest BCUT2D eigenvalue weighted by Gasteiger charge is -2.14. The Labute approximate surface area is 94.2 Å². The number of carbonyl (C=O) groups excluding carboxylic acids is 1. The van der Waals surface area contributed by atoms with E-state index in [9.17, 15) is 4.79 Å². The van der Waals surface area contributed by atoms with Crippen LogP contribution < -0.4 is 10.6 Å². The number of amides is 1. The van der Waals surface area contributed by atoms with Gasteiger partial charge in [0, 0.05) is 31.2 Å².